The molecular formula is C10H13NOS. The van der Waals surface area contributed by atoms with E-state index in [1.54, 1.807) is 11.3 Å². The second-order valence-electron chi connectivity index (χ2n) is 4.12. The Morgan fingerprint density at radius 2 is 2.23 bits per heavy atom. The lowest BCUT2D eigenvalue weighted by molar-refractivity contribution is 0.162. The molecule has 2 aliphatic rings. The zero-order valence-corrected chi connectivity index (χ0v) is 8.18. The highest BCUT2D eigenvalue weighted by Gasteiger charge is 2.36. The summed E-state index contributed by atoms with van der Waals surface area (Å²) >= 11 is 1.69. The van der Waals surface area contributed by atoms with Crippen LogP contribution in [0.3, 0.4) is 0 Å². The van der Waals surface area contributed by atoms with Gasteiger partial charge in [0, 0.05) is 10.9 Å². The molecular weight excluding hydrogens is 182 g/mol. The van der Waals surface area contributed by atoms with E-state index in [0.29, 0.717) is 0 Å². The van der Waals surface area contributed by atoms with E-state index in [2.05, 4.69) is 5.38 Å². The summed E-state index contributed by atoms with van der Waals surface area (Å²) in [5.41, 5.74) is 8.67. The highest BCUT2D eigenvalue weighted by atomic mass is 32.1. The number of aliphatic hydroxyl groups is 1. The molecule has 2 unspecified atom stereocenters. The summed E-state index contributed by atoms with van der Waals surface area (Å²) in [5.74, 6) is 0.789. The van der Waals surface area contributed by atoms with Gasteiger partial charge in [-0.15, -0.1) is 11.3 Å². The van der Waals surface area contributed by atoms with Crippen molar-refractivity contribution >= 4 is 11.3 Å². The molecule has 2 atom stereocenters. The third-order valence-corrected chi connectivity index (χ3v) is 4.20. The lowest BCUT2D eigenvalue weighted by atomic mass is 10.1. The molecule has 0 radical (unpaired) electrons. The number of thiophene rings is 1. The van der Waals surface area contributed by atoms with Crippen molar-refractivity contribution in [3.63, 3.8) is 0 Å². The van der Waals surface area contributed by atoms with Crippen LogP contribution in [-0.2, 0) is 6.42 Å². The van der Waals surface area contributed by atoms with Crippen LogP contribution in [0.1, 0.15) is 40.9 Å². The molecule has 3 rings (SSSR count). The predicted molar refractivity (Wildman–Crippen MR) is 52.9 cm³/mol. The Kier molecular flexibility index (Phi) is 1.57. The third-order valence-electron chi connectivity index (χ3n) is 3.09. The van der Waals surface area contributed by atoms with Crippen LogP contribution in [0.15, 0.2) is 5.38 Å². The van der Waals surface area contributed by atoms with Crippen LogP contribution >= 0.6 is 11.3 Å². The van der Waals surface area contributed by atoms with Gasteiger partial charge in [0.2, 0.25) is 0 Å². The van der Waals surface area contributed by atoms with Gasteiger partial charge in [-0.25, -0.2) is 0 Å². The van der Waals surface area contributed by atoms with Crippen molar-refractivity contribution in [1.29, 1.82) is 0 Å². The quantitative estimate of drug-likeness (QED) is 0.714. The van der Waals surface area contributed by atoms with Crippen LogP contribution in [0.25, 0.3) is 0 Å². The summed E-state index contributed by atoms with van der Waals surface area (Å²) in [4.78, 5) is 1.13. The Balaban J connectivity index is 2.04. The van der Waals surface area contributed by atoms with Crippen LogP contribution in [0, 0.1) is 0 Å². The minimum absolute atomic E-state index is 0.0556. The van der Waals surface area contributed by atoms with Gasteiger partial charge in [-0.3, -0.25) is 0 Å². The smallest absolute Gasteiger partial charge is 0.104 e. The molecule has 0 amide bonds. The molecule has 1 aromatic rings. The summed E-state index contributed by atoms with van der Waals surface area (Å²) in [7, 11) is 0. The molecule has 13 heavy (non-hydrogen) atoms. The number of rotatable bonds is 1. The summed E-state index contributed by atoms with van der Waals surface area (Å²) in [6, 6.07) is -0.0556. The van der Waals surface area contributed by atoms with Crippen molar-refractivity contribution in [2.24, 2.45) is 5.73 Å². The van der Waals surface area contributed by atoms with Gasteiger partial charge in [-0.2, -0.15) is 0 Å². The Bertz CT molecular complexity index is 343. The van der Waals surface area contributed by atoms with Crippen molar-refractivity contribution in [2.75, 3.05) is 0 Å². The number of fused-ring (bicyclic) bond motifs is 1. The predicted octanol–water partition coefficient (Wildman–Crippen LogP) is 1.54. The van der Waals surface area contributed by atoms with E-state index >= 15 is 0 Å². The zero-order valence-electron chi connectivity index (χ0n) is 7.36. The fourth-order valence-electron chi connectivity index (χ4n) is 2.16. The van der Waals surface area contributed by atoms with Gasteiger partial charge < -0.3 is 10.8 Å². The Morgan fingerprint density at radius 1 is 1.46 bits per heavy atom. The van der Waals surface area contributed by atoms with Gasteiger partial charge >= 0.3 is 0 Å². The van der Waals surface area contributed by atoms with E-state index in [4.69, 9.17) is 5.73 Å². The van der Waals surface area contributed by atoms with Gasteiger partial charge in [0.1, 0.15) is 6.10 Å². The van der Waals surface area contributed by atoms with Crippen LogP contribution in [0.5, 0.6) is 0 Å². The lowest BCUT2D eigenvalue weighted by Gasteiger charge is -2.06. The average Bonchev–Trinajstić information content (AvgIpc) is 2.81. The van der Waals surface area contributed by atoms with E-state index < -0.39 is 6.10 Å². The van der Waals surface area contributed by atoms with Crippen LogP contribution in [0.2, 0.25) is 0 Å². The van der Waals surface area contributed by atoms with Crippen molar-refractivity contribution in [1.82, 2.24) is 0 Å². The molecule has 3 heteroatoms. The molecule has 0 saturated heterocycles. The molecule has 0 spiro atoms. The second-order valence-corrected chi connectivity index (χ2v) is 5.03. The first-order valence-electron chi connectivity index (χ1n) is 4.81. The number of hydrogen-bond donors (Lipinski definition) is 2. The van der Waals surface area contributed by atoms with Gasteiger partial charge in [0.05, 0.1) is 0 Å². The minimum Gasteiger partial charge on any atom is -0.386 e. The molecule has 70 valence electrons. The van der Waals surface area contributed by atoms with E-state index in [1.807, 2.05) is 0 Å². The zero-order chi connectivity index (χ0) is 9.00. The molecule has 2 aliphatic carbocycles. The maximum atomic E-state index is 9.75. The molecule has 0 aromatic carbocycles. The summed E-state index contributed by atoms with van der Waals surface area (Å²) in [5, 5.41) is 12.0. The average molecular weight is 195 g/mol. The van der Waals surface area contributed by atoms with Crippen molar-refractivity contribution < 1.29 is 5.11 Å². The molecule has 1 heterocycles. The van der Waals surface area contributed by atoms with Crippen molar-refractivity contribution in [2.45, 2.75) is 37.3 Å². The number of aliphatic hydroxyl groups excluding tert-OH is 1. The van der Waals surface area contributed by atoms with Crippen LogP contribution in [0.4, 0.5) is 0 Å². The van der Waals surface area contributed by atoms with Crippen LogP contribution in [-0.4, -0.2) is 11.1 Å². The normalized spacial score (nSPS) is 32.2. The maximum absolute atomic E-state index is 9.75. The molecule has 0 bridgehead atoms. The Morgan fingerprint density at radius 3 is 2.92 bits per heavy atom. The maximum Gasteiger partial charge on any atom is 0.104 e. The van der Waals surface area contributed by atoms with E-state index in [1.165, 1.54) is 24.0 Å². The summed E-state index contributed by atoms with van der Waals surface area (Å²) in [6.45, 7) is 0. The third kappa shape index (κ3) is 1.08. The monoisotopic (exact) mass is 195 g/mol. The van der Waals surface area contributed by atoms with Gasteiger partial charge in [0.15, 0.2) is 0 Å². The van der Waals surface area contributed by atoms with Gasteiger partial charge in [-0.05, 0) is 41.7 Å². The van der Waals surface area contributed by atoms with Crippen LogP contribution < -0.4 is 5.73 Å². The highest BCUT2D eigenvalue weighted by molar-refractivity contribution is 7.10. The van der Waals surface area contributed by atoms with Crippen molar-refractivity contribution in [3.05, 3.63) is 21.4 Å². The number of hydrogen-bond acceptors (Lipinski definition) is 3. The van der Waals surface area contributed by atoms with E-state index in [-0.39, 0.29) is 6.04 Å². The lowest BCUT2D eigenvalue weighted by Crippen LogP contribution is -2.24. The Hall–Kier alpha value is -0.380. The number of nitrogens with two attached hydrogens (primary N) is 1. The Labute approximate surface area is 81.4 Å². The topological polar surface area (TPSA) is 46.2 Å². The standard InChI is InChI=1S/C10H13NOS/c11-8-3-6-7(5-1-2-5)4-13-10(6)9(8)12/h4-5,8-9,12H,1-3,11H2. The second kappa shape index (κ2) is 2.56. The molecule has 3 N–H and O–H groups in total. The van der Waals surface area contributed by atoms with Gasteiger partial charge in [-0.1, -0.05) is 0 Å². The first-order valence-corrected chi connectivity index (χ1v) is 5.69. The van der Waals surface area contributed by atoms with E-state index in [9.17, 15) is 5.11 Å². The molecule has 2 nitrogen and oxygen atoms in total. The molecule has 0 aliphatic heterocycles. The van der Waals surface area contributed by atoms with Crippen molar-refractivity contribution in [3.8, 4) is 0 Å². The fourth-order valence-corrected chi connectivity index (χ4v) is 3.40. The fraction of sp³-hybridized carbons (Fsp3) is 0.600. The van der Waals surface area contributed by atoms with E-state index in [0.717, 1.165) is 17.2 Å². The van der Waals surface area contributed by atoms with Gasteiger partial charge in [0.25, 0.3) is 0 Å². The molecule has 1 aromatic heterocycles. The summed E-state index contributed by atoms with van der Waals surface area (Å²) < 4.78 is 0. The molecule has 1 saturated carbocycles. The highest BCUT2D eigenvalue weighted by Crippen LogP contribution is 2.48. The first kappa shape index (κ1) is 7.97. The molecule has 1 fully saturated rings. The minimum atomic E-state index is -0.396. The largest absolute Gasteiger partial charge is 0.386 e. The SMILES string of the molecule is NC1Cc2c(C3CC3)csc2C1O. The first-order chi connectivity index (χ1) is 6.27. The summed E-state index contributed by atoms with van der Waals surface area (Å²) in [6.07, 6.45) is 3.14.